The molecule has 0 bridgehead atoms. The summed E-state index contributed by atoms with van der Waals surface area (Å²) >= 11 is 1.42. The lowest BCUT2D eigenvalue weighted by atomic mass is 10.1. The van der Waals surface area contributed by atoms with E-state index in [2.05, 4.69) is 15.0 Å². The van der Waals surface area contributed by atoms with Crippen LogP contribution in [0.15, 0.2) is 53.4 Å². The lowest BCUT2D eigenvalue weighted by Gasteiger charge is -2.17. The second kappa shape index (κ2) is 9.52. The van der Waals surface area contributed by atoms with E-state index in [1.54, 1.807) is 12.1 Å². The number of nitrogens with zero attached hydrogens (tertiary/aromatic N) is 1. The van der Waals surface area contributed by atoms with Crippen molar-refractivity contribution >= 4 is 37.5 Å². The van der Waals surface area contributed by atoms with E-state index in [1.165, 1.54) is 23.5 Å². The molecule has 0 aliphatic heterocycles. The second-order valence-electron chi connectivity index (χ2n) is 6.99. The summed E-state index contributed by atoms with van der Waals surface area (Å²) in [5.74, 6) is -0.309. The van der Waals surface area contributed by atoms with Crippen LogP contribution >= 0.6 is 11.3 Å². The Kier molecular flexibility index (Phi) is 7.03. The third-order valence-electron chi connectivity index (χ3n) is 4.55. The summed E-state index contributed by atoms with van der Waals surface area (Å²) in [6, 6.07) is 13.5. The predicted molar refractivity (Wildman–Crippen MR) is 119 cm³/mol. The zero-order valence-corrected chi connectivity index (χ0v) is 18.1. The number of rotatable bonds is 8. The number of fused-ring (bicyclic) bond motifs is 1. The highest BCUT2D eigenvalue weighted by molar-refractivity contribution is 7.90. The van der Waals surface area contributed by atoms with Gasteiger partial charge in [0.15, 0.2) is 0 Å². The molecule has 3 rings (SSSR count). The van der Waals surface area contributed by atoms with Crippen LogP contribution in [-0.4, -0.2) is 37.1 Å². The molecule has 0 radical (unpaired) electrons. The number of para-hydroxylation sites is 1. The molecule has 0 saturated carbocycles. The summed E-state index contributed by atoms with van der Waals surface area (Å²) in [4.78, 5) is 4.52. The smallest absolute Gasteiger partial charge is 0.264 e. The number of hydrogen-bond acceptors (Lipinski definition) is 7. The molecule has 0 amide bonds. The van der Waals surface area contributed by atoms with E-state index >= 15 is 0 Å². The van der Waals surface area contributed by atoms with Gasteiger partial charge >= 0.3 is 0 Å². The Morgan fingerprint density at radius 2 is 1.93 bits per heavy atom. The van der Waals surface area contributed by atoms with E-state index < -0.39 is 22.2 Å². The zero-order valence-electron chi connectivity index (χ0n) is 16.5. The second-order valence-corrected chi connectivity index (χ2v) is 9.74. The van der Waals surface area contributed by atoms with Gasteiger partial charge in [0, 0.05) is 12.6 Å². The van der Waals surface area contributed by atoms with Crippen molar-refractivity contribution in [1.82, 2.24) is 15.0 Å². The first-order chi connectivity index (χ1) is 14.3. The molecule has 1 heterocycles. The number of hydrogen-bond donors (Lipinski definition) is 5. The summed E-state index contributed by atoms with van der Waals surface area (Å²) in [5.41, 5.74) is 7.89. The number of thiazole rings is 1. The summed E-state index contributed by atoms with van der Waals surface area (Å²) in [6.07, 6.45) is 0.168. The van der Waals surface area contributed by atoms with Crippen LogP contribution in [0, 0.1) is 12.3 Å². The Labute approximate surface area is 179 Å². The normalized spacial score (nSPS) is 13.7. The minimum Gasteiger partial charge on any atom is -0.384 e. The molecule has 10 heteroatoms. The Morgan fingerprint density at radius 1 is 1.23 bits per heavy atom. The van der Waals surface area contributed by atoms with E-state index in [9.17, 15) is 13.5 Å². The van der Waals surface area contributed by atoms with Crippen LogP contribution in [0.25, 0.3) is 10.2 Å². The van der Waals surface area contributed by atoms with Crippen LogP contribution < -0.4 is 15.8 Å². The van der Waals surface area contributed by atoms with E-state index in [4.69, 9.17) is 11.1 Å². The van der Waals surface area contributed by atoms with Crippen molar-refractivity contribution in [1.29, 1.82) is 5.41 Å². The Balaban J connectivity index is 1.44. The molecule has 3 aromatic rings. The largest absolute Gasteiger partial charge is 0.384 e. The average molecular weight is 448 g/mol. The first-order valence-electron chi connectivity index (χ1n) is 9.47. The van der Waals surface area contributed by atoms with Gasteiger partial charge in [0.25, 0.3) is 10.0 Å². The molecule has 0 aliphatic rings. The third kappa shape index (κ3) is 5.54. The molecule has 0 fully saturated rings. The van der Waals surface area contributed by atoms with Crippen molar-refractivity contribution in [2.24, 2.45) is 5.73 Å². The minimum absolute atomic E-state index is 0.0978. The molecule has 160 valence electrons. The fourth-order valence-corrected chi connectivity index (χ4v) is 4.84. The summed E-state index contributed by atoms with van der Waals surface area (Å²) in [5, 5.41) is 21.6. The molecular formula is C20H25N5O3S2. The van der Waals surface area contributed by atoms with Crippen LogP contribution in [0.5, 0.6) is 0 Å². The quantitative estimate of drug-likeness (QED) is 0.204. The molecule has 1 aromatic heterocycles. The van der Waals surface area contributed by atoms with Gasteiger partial charge in [0.1, 0.15) is 11.1 Å². The minimum atomic E-state index is -3.80. The highest BCUT2D eigenvalue weighted by atomic mass is 32.2. The maximum absolute atomic E-state index is 12.3. The third-order valence-corrected chi connectivity index (χ3v) is 7.03. The van der Waals surface area contributed by atoms with Crippen LogP contribution in [0.1, 0.15) is 29.5 Å². The van der Waals surface area contributed by atoms with Gasteiger partial charge in [-0.2, -0.15) is 0 Å². The Bertz CT molecular complexity index is 1080. The fourth-order valence-electron chi connectivity index (χ4n) is 2.86. The first kappa shape index (κ1) is 22.2. The zero-order chi connectivity index (χ0) is 21.7. The monoisotopic (exact) mass is 447 g/mol. The van der Waals surface area contributed by atoms with Crippen LogP contribution in [0.2, 0.25) is 0 Å². The van der Waals surface area contributed by atoms with Gasteiger partial charge in [0.2, 0.25) is 5.96 Å². The first-order valence-corrected chi connectivity index (χ1v) is 11.8. The number of aryl methyl sites for hydroxylation is 1. The average Bonchev–Trinajstić information content (AvgIpc) is 3.14. The maximum atomic E-state index is 12.3. The summed E-state index contributed by atoms with van der Waals surface area (Å²) < 4.78 is 27.7. The Hall–Kier alpha value is -2.53. The van der Waals surface area contributed by atoms with E-state index in [-0.39, 0.29) is 10.9 Å². The van der Waals surface area contributed by atoms with Crippen molar-refractivity contribution in [3.8, 4) is 0 Å². The fraction of sp³-hybridized carbons (Fsp3) is 0.300. The van der Waals surface area contributed by atoms with E-state index in [1.807, 2.05) is 31.2 Å². The molecular weight excluding hydrogens is 422 g/mol. The molecule has 2 aromatic carbocycles. The van der Waals surface area contributed by atoms with Crippen molar-refractivity contribution < 1.29 is 13.5 Å². The summed E-state index contributed by atoms with van der Waals surface area (Å²) in [7, 11) is -3.80. The van der Waals surface area contributed by atoms with Gasteiger partial charge < -0.3 is 16.2 Å². The number of benzene rings is 2. The number of aromatic nitrogens is 1. The topological polar surface area (TPSA) is 141 Å². The van der Waals surface area contributed by atoms with Crippen LogP contribution in [0.3, 0.4) is 0 Å². The lowest BCUT2D eigenvalue weighted by Crippen LogP contribution is -2.40. The van der Waals surface area contributed by atoms with Gasteiger partial charge in [-0.05, 0) is 44.0 Å². The highest BCUT2D eigenvalue weighted by Crippen LogP contribution is 2.28. The maximum Gasteiger partial charge on any atom is 0.264 e. The van der Waals surface area contributed by atoms with Gasteiger partial charge in [-0.25, -0.2) is 18.1 Å². The number of aliphatic hydroxyl groups excluding tert-OH is 1. The standard InChI is InChI=1S/C20H25N5O3S2/c1-13-8-10-14(11-9-13)30(27,28)25-20(22)23-12-4-5-15(21)18(26)19-24-16-6-2-3-7-17(16)29-19/h2-3,6-11,15,18,26H,4-5,12,21H2,1H3,(H3,22,23,25)/t15-,18?/m0/s1. The number of sulfonamides is 1. The molecule has 0 spiro atoms. The van der Waals surface area contributed by atoms with E-state index in [0.29, 0.717) is 24.4 Å². The number of nitrogens with two attached hydrogens (primary N) is 1. The van der Waals surface area contributed by atoms with Crippen LogP contribution in [-0.2, 0) is 10.0 Å². The van der Waals surface area contributed by atoms with Gasteiger partial charge in [-0.3, -0.25) is 5.41 Å². The number of guanidine groups is 1. The molecule has 30 heavy (non-hydrogen) atoms. The van der Waals surface area contributed by atoms with Gasteiger partial charge in [-0.1, -0.05) is 29.8 Å². The lowest BCUT2D eigenvalue weighted by molar-refractivity contribution is 0.141. The van der Waals surface area contributed by atoms with Gasteiger partial charge in [-0.15, -0.1) is 11.3 Å². The summed E-state index contributed by atoms with van der Waals surface area (Å²) in [6.45, 7) is 2.21. The van der Waals surface area contributed by atoms with Crippen molar-refractivity contribution in [3.63, 3.8) is 0 Å². The highest BCUT2D eigenvalue weighted by Gasteiger charge is 2.21. The molecule has 2 atom stereocenters. The molecule has 0 saturated heterocycles. The predicted octanol–water partition coefficient (Wildman–Crippen LogP) is 2.25. The van der Waals surface area contributed by atoms with Crippen molar-refractivity contribution in [2.75, 3.05) is 6.54 Å². The molecule has 1 unspecified atom stereocenters. The molecule has 6 N–H and O–H groups in total. The van der Waals surface area contributed by atoms with Gasteiger partial charge in [0.05, 0.1) is 15.1 Å². The molecule has 0 aliphatic carbocycles. The SMILES string of the molecule is Cc1ccc(S(=O)(=O)NC(=N)NCCC[C@H](N)C(O)c2nc3ccccc3s2)cc1. The van der Waals surface area contributed by atoms with Crippen LogP contribution in [0.4, 0.5) is 0 Å². The van der Waals surface area contributed by atoms with Crippen molar-refractivity contribution in [2.45, 2.75) is 36.8 Å². The van der Waals surface area contributed by atoms with E-state index in [0.717, 1.165) is 15.8 Å². The number of aliphatic hydroxyl groups is 1. The Morgan fingerprint density at radius 3 is 2.63 bits per heavy atom. The number of nitrogens with one attached hydrogen (secondary N) is 3. The van der Waals surface area contributed by atoms with Crippen molar-refractivity contribution in [3.05, 3.63) is 59.1 Å². The molecule has 8 nitrogen and oxygen atoms in total.